The molecule has 0 saturated heterocycles. The number of hydrogen-bond acceptors (Lipinski definition) is 2. The predicted octanol–water partition coefficient (Wildman–Crippen LogP) is 10.5. The molecule has 1 fully saturated rings. The van der Waals surface area contributed by atoms with Gasteiger partial charge in [0.2, 0.25) is 11.6 Å². The van der Waals surface area contributed by atoms with E-state index in [4.69, 9.17) is 9.47 Å². The summed E-state index contributed by atoms with van der Waals surface area (Å²) in [5, 5.41) is 0. The summed E-state index contributed by atoms with van der Waals surface area (Å²) >= 11 is 0. The molecule has 0 aromatic heterocycles. The van der Waals surface area contributed by atoms with Crippen molar-refractivity contribution in [3.8, 4) is 22.6 Å². The minimum Gasteiger partial charge on any atom is -0.490 e. The van der Waals surface area contributed by atoms with Gasteiger partial charge in [-0.3, -0.25) is 0 Å². The molecule has 2 nitrogen and oxygen atoms in total. The van der Waals surface area contributed by atoms with Gasteiger partial charge >= 0.3 is 0 Å². The van der Waals surface area contributed by atoms with Gasteiger partial charge < -0.3 is 9.47 Å². The summed E-state index contributed by atoms with van der Waals surface area (Å²) in [6.45, 7) is 4.68. The Kier molecular flexibility index (Phi) is 10.9. The second-order valence-corrected chi connectivity index (χ2v) is 11.1. The van der Waals surface area contributed by atoms with Gasteiger partial charge in [0, 0.05) is 5.56 Å². The van der Waals surface area contributed by atoms with Crippen LogP contribution in [0, 0.1) is 29.2 Å². The third-order valence-electron chi connectivity index (χ3n) is 7.99. The van der Waals surface area contributed by atoms with E-state index < -0.39 is 23.3 Å². The molecule has 3 aromatic rings. The first-order valence-electron chi connectivity index (χ1n) is 14.7. The Morgan fingerprint density at radius 3 is 1.95 bits per heavy atom. The van der Waals surface area contributed by atoms with Gasteiger partial charge in [-0.25, -0.2) is 8.78 Å². The third kappa shape index (κ3) is 7.58. The van der Waals surface area contributed by atoms with Crippen LogP contribution in [-0.2, 0) is 6.61 Å². The third-order valence-corrected chi connectivity index (χ3v) is 7.99. The zero-order valence-corrected chi connectivity index (χ0v) is 23.6. The maximum absolute atomic E-state index is 15.0. The lowest BCUT2D eigenvalue weighted by atomic mass is 9.79. The van der Waals surface area contributed by atoms with Gasteiger partial charge in [-0.1, -0.05) is 95.2 Å². The molecule has 216 valence electrons. The molecule has 1 saturated carbocycles. The van der Waals surface area contributed by atoms with Gasteiger partial charge in [0.05, 0.1) is 6.61 Å². The zero-order chi connectivity index (χ0) is 28.5. The minimum atomic E-state index is -1.10. The lowest BCUT2D eigenvalue weighted by Crippen LogP contribution is -2.13. The molecule has 4 rings (SSSR count). The van der Waals surface area contributed by atoms with E-state index in [-0.39, 0.29) is 29.6 Å². The Morgan fingerprint density at radius 2 is 1.27 bits per heavy atom. The molecule has 0 N–H and O–H groups in total. The summed E-state index contributed by atoms with van der Waals surface area (Å²) in [7, 11) is 0. The van der Waals surface area contributed by atoms with E-state index in [0.717, 1.165) is 44.9 Å². The largest absolute Gasteiger partial charge is 0.490 e. The smallest absolute Gasteiger partial charge is 0.204 e. The van der Waals surface area contributed by atoms with Gasteiger partial charge in [0.25, 0.3) is 0 Å². The van der Waals surface area contributed by atoms with Crippen LogP contribution in [0.5, 0.6) is 11.5 Å². The minimum absolute atomic E-state index is 0.00944. The van der Waals surface area contributed by atoms with E-state index in [0.29, 0.717) is 29.2 Å². The quantitative estimate of drug-likeness (QED) is 0.154. The van der Waals surface area contributed by atoms with Crippen LogP contribution in [0.25, 0.3) is 11.1 Å². The van der Waals surface area contributed by atoms with E-state index in [1.807, 2.05) is 0 Å². The Morgan fingerprint density at radius 1 is 0.650 bits per heavy atom. The van der Waals surface area contributed by atoms with Crippen LogP contribution in [0.15, 0.2) is 48.5 Å². The second kappa shape index (κ2) is 14.6. The highest BCUT2D eigenvalue weighted by Gasteiger charge is 2.25. The van der Waals surface area contributed by atoms with E-state index in [9.17, 15) is 13.2 Å². The lowest BCUT2D eigenvalue weighted by Gasteiger charge is -2.27. The Balaban J connectivity index is 1.32. The maximum Gasteiger partial charge on any atom is 0.204 e. The predicted molar refractivity (Wildman–Crippen MR) is 152 cm³/mol. The van der Waals surface area contributed by atoms with E-state index in [2.05, 4.69) is 13.8 Å². The van der Waals surface area contributed by atoms with E-state index >= 15 is 4.39 Å². The molecule has 0 heterocycles. The van der Waals surface area contributed by atoms with Crippen molar-refractivity contribution in [1.82, 2.24) is 0 Å². The zero-order valence-electron chi connectivity index (χ0n) is 23.6. The highest BCUT2D eigenvalue weighted by Crippen LogP contribution is 2.39. The molecule has 40 heavy (non-hydrogen) atoms. The fraction of sp³-hybridized carbons (Fsp3) is 0.471. The van der Waals surface area contributed by atoms with Crippen LogP contribution in [0.4, 0.5) is 17.6 Å². The fourth-order valence-electron chi connectivity index (χ4n) is 5.42. The number of ether oxygens (including phenoxy) is 2. The summed E-state index contributed by atoms with van der Waals surface area (Å²) in [5.41, 5.74) is 1.88. The SMILES string of the molecule is CCCCCCCCOc1ccc(OCc2ccc(-c3ccc(C4CCC(C)CC4)c(F)c3F)cc2)c(F)c1F. The Bertz CT molecular complexity index is 1230. The van der Waals surface area contributed by atoms with Gasteiger partial charge in [0.15, 0.2) is 23.1 Å². The van der Waals surface area contributed by atoms with Gasteiger partial charge in [-0.2, -0.15) is 8.78 Å². The first kappa shape index (κ1) is 30.0. The Hall–Kier alpha value is -3.02. The monoisotopic (exact) mass is 556 g/mol. The number of halogens is 4. The average molecular weight is 557 g/mol. The molecule has 0 bridgehead atoms. The van der Waals surface area contributed by atoms with E-state index in [1.54, 1.807) is 36.4 Å². The molecule has 0 aliphatic heterocycles. The van der Waals surface area contributed by atoms with Gasteiger partial charge in [-0.15, -0.1) is 0 Å². The first-order chi connectivity index (χ1) is 19.4. The number of unbranched alkanes of at least 4 members (excludes halogenated alkanes) is 5. The summed E-state index contributed by atoms with van der Waals surface area (Å²) in [4.78, 5) is 0. The van der Waals surface area contributed by atoms with Gasteiger partial charge in [-0.05, 0) is 59.9 Å². The molecule has 1 aliphatic carbocycles. The fourth-order valence-corrected chi connectivity index (χ4v) is 5.42. The van der Waals surface area contributed by atoms with Crippen LogP contribution in [0.3, 0.4) is 0 Å². The number of benzene rings is 3. The van der Waals surface area contributed by atoms with Crippen molar-refractivity contribution in [3.05, 3.63) is 82.9 Å². The van der Waals surface area contributed by atoms with Crippen molar-refractivity contribution in [1.29, 1.82) is 0 Å². The highest BCUT2D eigenvalue weighted by molar-refractivity contribution is 5.65. The summed E-state index contributed by atoms with van der Waals surface area (Å²) in [5.74, 6) is -3.40. The molecule has 6 heteroatoms. The molecule has 0 unspecified atom stereocenters. The average Bonchev–Trinajstić information content (AvgIpc) is 2.96. The van der Waals surface area contributed by atoms with Gasteiger partial charge in [0.1, 0.15) is 6.61 Å². The standard InChI is InChI=1S/C34H40F4O2/c1-3-4-5-6-7-8-21-39-29-19-20-30(34(38)33(29)37)40-22-24-11-15-26(16-12-24)28-18-17-27(31(35)32(28)36)25-13-9-23(2)10-14-25/h11-12,15-20,23,25H,3-10,13-14,21-22H2,1-2H3. The van der Waals surface area contributed by atoms with Crippen LogP contribution in [0.1, 0.15) is 95.1 Å². The number of hydrogen-bond donors (Lipinski definition) is 0. The van der Waals surface area contributed by atoms with Crippen molar-refractivity contribution in [2.45, 2.75) is 90.6 Å². The summed E-state index contributed by atoms with van der Waals surface area (Å²) in [6, 6.07) is 12.8. The summed E-state index contributed by atoms with van der Waals surface area (Å²) < 4.78 is 70.0. The first-order valence-corrected chi connectivity index (χ1v) is 14.7. The van der Waals surface area contributed by atoms with Crippen molar-refractivity contribution in [2.75, 3.05) is 6.61 Å². The molecule has 0 atom stereocenters. The molecular weight excluding hydrogens is 516 g/mol. The second-order valence-electron chi connectivity index (χ2n) is 11.1. The van der Waals surface area contributed by atoms with Crippen molar-refractivity contribution in [3.63, 3.8) is 0 Å². The van der Waals surface area contributed by atoms with E-state index in [1.165, 1.54) is 31.4 Å². The molecule has 0 amide bonds. The molecule has 0 spiro atoms. The van der Waals surface area contributed by atoms with Crippen LogP contribution in [0.2, 0.25) is 0 Å². The molecule has 3 aromatic carbocycles. The van der Waals surface area contributed by atoms with Crippen molar-refractivity contribution in [2.24, 2.45) is 5.92 Å². The Labute approximate surface area is 235 Å². The normalized spacial score (nSPS) is 17.1. The van der Waals surface area contributed by atoms with Crippen LogP contribution < -0.4 is 9.47 Å². The van der Waals surface area contributed by atoms with Crippen LogP contribution in [-0.4, -0.2) is 6.61 Å². The van der Waals surface area contributed by atoms with Crippen LogP contribution >= 0.6 is 0 Å². The lowest BCUT2D eigenvalue weighted by molar-refractivity contribution is 0.265. The highest BCUT2D eigenvalue weighted by atomic mass is 19.2. The maximum atomic E-state index is 15.0. The molecular formula is C34H40F4O2. The molecule has 0 radical (unpaired) electrons. The number of rotatable bonds is 13. The molecule has 1 aliphatic rings. The van der Waals surface area contributed by atoms with Crippen molar-refractivity contribution < 1.29 is 27.0 Å². The summed E-state index contributed by atoms with van der Waals surface area (Å²) in [6.07, 6.45) is 10.3. The topological polar surface area (TPSA) is 18.5 Å². The van der Waals surface area contributed by atoms with Crippen molar-refractivity contribution >= 4 is 0 Å².